The molecule has 2 amide bonds. The molecule has 5 nitrogen and oxygen atoms in total. The summed E-state index contributed by atoms with van der Waals surface area (Å²) in [6, 6.07) is 12.9. The topological polar surface area (TPSA) is 58.6 Å². The lowest BCUT2D eigenvalue weighted by Crippen LogP contribution is -2.41. The molecule has 0 unspecified atom stereocenters. The average Bonchev–Trinajstić information content (AvgIpc) is 2.73. The van der Waals surface area contributed by atoms with Gasteiger partial charge in [0, 0.05) is 34.7 Å². The molecule has 9 heteroatoms. The fraction of sp³-hybridized carbons (Fsp3) is 0.333. The van der Waals surface area contributed by atoms with Gasteiger partial charge in [-0.2, -0.15) is 13.2 Å². The summed E-state index contributed by atoms with van der Waals surface area (Å²) in [5, 5.41) is 2.77. The lowest BCUT2D eigenvalue weighted by molar-refractivity contribution is -0.153. The Labute approximate surface area is 180 Å². The highest BCUT2D eigenvalue weighted by molar-refractivity contribution is 9.10. The summed E-state index contributed by atoms with van der Waals surface area (Å²) in [6.45, 7) is -0.398. The van der Waals surface area contributed by atoms with Crippen LogP contribution in [0, 0.1) is 5.92 Å². The summed E-state index contributed by atoms with van der Waals surface area (Å²) < 4.78 is 42.1. The molecule has 2 aromatic rings. The molecule has 1 N–H and O–H groups in total. The maximum absolute atomic E-state index is 12.6. The maximum atomic E-state index is 12.6. The lowest BCUT2D eigenvalue weighted by Gasteiger charge is -2.31. The molecule has 0 aliphatic carbocycles. The van der Waals surface area contributed by atoms with Gasteiger partial charge in [-0.25, -0.2) is 0 Å². The number of rotatable bonds is 5. The van der Waals surface area contributed by atoms with E-state index in [2.05, 4.69) is 26.0 Å². The normalized spacial score (nSPS) is 15.0. The Morgan fingerprint density at radius 3 is 2.20 bits per heavy atom. The SMILES string of the molecule is O=C(Nc1ccc(OCC(F)(F)F)cc1)C1CCN(C(=O)c2ccc(Br)cc2)CC1. The summed E-state index contributed by atoms with van der Waals surface area (Å²) in [6.07, 6.45) is -3.32. The minimum atomic E-state index is -4.40. The standard InChI is InChI=1S/C21H20BrF3N2O3/c22-16-3-1-15(2-4-16)20(29)27-11-9-14(10-12-27)19(28)26-17-5-7-18(8-6-17)30-13-21(23,24)25/h1-8,14H,9-13H2,(H,26,28). The minimum Gasteiger partial charge on any atom is -0.484 e. The lowest BCUT2D eigenvalue weighted by atomic mass is 9.95. The van der Waals surface area contributed by atoms with Gasteiger partial charge in [0.15, 0.2) is 6.61 Å². The number of carbonyl (C=O) groups excluding carboxylic acids is 2. The molecule has 0 spiro atoms. The molecule has 1 saturated heterocycles. The van der Waals surface area contributed by atoms with Gasteiger partial charge >= 0.3 is 6.18 Å². The smallest absolute Gasteiger partial charge is 0.422 e. The van der Waals surface area contributed by atoms with Crippen molar-refractivity contribution < 1.29 is 27.5 Å². The van der Waals surface area contributed by atoms with Crippen LogP contribution < -0.4 is 10.1 Å². The number of ether oxygens (including phenoxy) is 1. The number of likely N-dealkylation sites (tertiary alicyclic amines) is 1. The van der Waals surface area contributed by atoms with E-state index in [-0.39, 0.29) is 23.5 Å². The van der Waals surface area contributed by atoms with Crippen LogP contribution in [0.4, 0.5) is 18.9 Å². The Kier molecular flexibility index (Phi) is 7.02. The summed E-state index contributed by atoms with van der Waals surface area (Å²) in [5.41, 5.74) is 1.08. The van der Waals surface area contributed by atoms with Crippen molar-refractivity contribution in [1.82, 2.24) is 4.90 Å². The molecule has 0 radical (unpaired) electrons. The third kappa shape index (κ3) is 6.22. The largest absolute Gasteiger partial charge is 0.484 e. The van der Waals surface area contributed by atoms with Gasteiger partial charge in [0.25, 0.3) is 5.91 Å². The van der Waals surface area contributed by atoms with E-state index in [4.69, 9.17) is 0 Å². The van der Waals surface area contributed by atoms with Crippen LogP contribution in [0.2, 0.25) is 0 Å². The third-order valence-electron chi connectivity index (χ3n) is 4.77. The van der Waals surface area contributed by atoms with E-state index in [1.165, 1.54) is 24.3 Å². The van der Waals surface area contributed by atoms with Crippen LogP contribution in [-0.4, -0.2) is 42.6 Å². The number of nitrogens with zero attached hydrogens (tertiary/aromatic N) is 1. The predicted octanol–water partition coefficient (Wildman–Crippen LogP) is 4.88. The number of halogens is 4. The van der Waals surface area contributed by atoms with Crippen LogP contribution in [0.5, 0.6) is 5.75 Å². The van der Waals surface area contributed by atoms with Crippen molar-refractivity contribution >= 4 is 33.4 Å². The molecule has 30 heavy (non-hydrogen) atoms. The van der Waals surface area contributed by atoms with Crippen LogP contribution in [0.25, 0.3) is 0 Å². The second-order valence-corrected chi connectivity index (χ2v) is 7.91. The fourth-order valence-corrected chi connectivity index (χ4v) is 3.43. The average molecular weight is 485 g/mol. The monoisotopic (exact) mass is 484 g/mol. The summed E-state index contributed by atoms with van der Waals surface area (Å²) in [4.78, 5) is 26.8. The quantitative estimate of drug-likeness (QED) is 0.657. The van der Waals surface area contributed by atoms with Crippen LogP contribution in [0.1, 0.15) is 23.2 Å². The second-order valence-electron chi connectivity index (χ2n) is 6.99. The number of carbonyl (C=O) groups is 2. The fourth-order valence-electron chi connectivity index (χ4n) is 3.16. The van der Waals surface area contributed by atoms with Crippen LogP contribution in [-0.2, 0) is 4.79 Å². The summed E-state index contributed by atoms with van der Waals surface area (Å²) in [5.74, 6) is -0.393. The van der Waals surface area contributed by atoms with Gasteiger partial charge in [0.2, 0.25) is 5.91 Å². The van der Waals surface area contributed by atoms with Gasteiger partial charge in [0.1, 0.15) is 5.75 Å². The molecule has 1 heterocycles. The van der Waals surface area contributed by atoms with Crippen LogP contribution >= 0.6 is 15.9 Å². The van der Waals surface area contributed by atoms with Crippen molar-refractivity contribution in [3.8, 4) is 5.75 Å². The van der Waals surface area contributed by atoms with Crippen molar-refractivity contribution in [1.29, 1.82) is 0 Å². The Morgan fingerprint density at radius 1 is 1.03 bits per heavy atom. The number of alkyl halides is 3. The highest BCUT2D eigenvalue weighted by atomic mass is 79.9. The van der Waals surface area contributed by atoms with E-state index in [1.807, 2.05) is 12.1 Å². The van der Waals surface area contributed by atoms with E-state index < -0.39 is 12.8 Å². The highest BCUT2D eigenvalue weighted by Crippen LogP contribution is 2.23. The molecule has 0 saturated carbocycles. The number of nitrogens with one attached hydrogen (secondary N) is 1. The number of anilines is 1. The number of hydrogen-bond donors (Lipinski definition) is 1. The molecular formula is C21H20BrF3N2O3. The van der Waals surface area contributed by atoms with Crippen molar-refractivity contribution in [2.45, 2.75) is 19.0 Å². The molecule has 160 valence electrons. The Bertz CT molecular complexity index is 878. The van der Waals surface area contributed by atoms with E-state index >= 15 is 0 Å². The Hall–Kier alpha value is -2.55. The molecule has 2 aromatic carbocycles. The molecule has 1 aliphatic rings. The zero-order valence-corrected chi connectivity index (χ0v) is 17.5. The first-order chi connectivity index (χ1) is 14.2. The van der Waals surface area contributed by atoms with Gasteiger partial charge in [0.05, 0.1) is 0 Å². The van der Waals surface area contributed by atoms with Crippen molar-refractivity contribution in [2.24, 2.45) is 5.92 Å². The number of amides is 2. The highest BCUT2D eigenvalue weighted by Gasteiger charge is 2.29. The van der Waals surface area contributed by atoms with Gasteiger partial charge < -0.3 is 15.0 Å². The zero-order valence-electron chi connectivity index (χ0n) is 15.9. The van der Waals surface area contributed by atoms with Crippen LogP contribution in [0.3, 0.4) is 0 Å². The molecule has 3 rings (SSSR count). The maximum Gasteiger partial charge on any atom is 0.422 e. The predicted molar refractivity (Wildman–Crippen MR) is 109 cm³/mol. The Balaban J connectivity index is 1.48. The van der Waals surface area contributed by atoms with Gasteiger partial charge in [-0.3, -0.25) is 9.59 Å². The van der Waals surface area contributed by atoms with Gasteiger partial charge in [-0.1, -0.05) is 15.9 Å². The van der Waals surface area contributed by atoms with Gasteiger partial charge in [-0.05, 0) is 61.4 Å². The first kappa shape index (κ1) is 22.1. The van der Waals surface area contributed by atoms with Crippen molar-refractivity contribution in [3.05, 3.63) is 58.6 Å². The summed E-state index contributed by atoms with van der Waals surface area (Å²) in [7, 11) is 0. The van der Waals surface area contributed by atoms with Crippen molar-refractivity contribution in [2.75, 3.05) is 25.0 Å². The number of hydrogen-bond acceptors (Lipinski definition) is 3. The second kappa shape index (κ2) is 9.51. The zero-order chi connectivity index (χ0) is 21.7. The third-order valence-corrected chi connectivity index (χ3v) is 5.30. The number of piperidine rings is 1. The van der Waals surface area contributed by atoms with E-state index in [1.54, 1.807) is 17.0 Å². The summed E-state index contributed by atoms with van der Waals surface area (Å²) >= 11 is 3.34. The molecular weight excluding hydrogens is 465 g/mol. The first-order valence-electron chi connectivity index (χ1n) is 9.36. The molecule has 1 aliphatic heterocycles. The minimum absolute atomic E-state index is 0.0594. The Morgan fingerprint density at radius 2 is 1.63 bits per heavy atom. The number of benzene rings is 2. The molecule has 1 fully saturated rings. The first-order valence-corrected chi connectivity index (χ1v) is 10.2. The van der Waals surface area contributed by atoms with Crippen molar-refractivity contribution in [3.63, 3.8) is 0 Å². The molecule has 0 atom stereocenters. The van der Waals surface area contributed by atoms with E-state index in [9.17, 15) is 22.8 Å². The van der Waals surface area contributed by atoms with Crippen LogP contribution in [0.15, 0.2) is 53.0 Å². The molecule has 0 aromatic heterocycles. The van der Waals surface area contributed by atoms with E-state index in [0.717, 1.165) is 4.47 Å². The molecule has 0 bridgehead atoms. The van der Waals surface area contributed by atoms with E-state index in [0.29, 0.717) is 37.2 Å². The van der Waals surface area contributed by atoms with Gasteiger partial charge in [-0.15, -0.1) is 0 Å².